The number of anilines is 1. The molecule has 1 aromatic rings. The number of hydrogen-bond acceptors (Lipinski definition) is 4. The number of nitrogens with two attached hydrogens (primary N) is 1. The van der Waals surface area contributed by atoms with Gasteiger partial charge in [0.1, 0.15) is 0 Å². The van der Waals surface area contributed by atoms with Gasteiger partial charge in [0.15, 0.2) is 0 Å². The summed E-state index contributed by atoms with van der Waals surface area (Å²) in [6.07, 6.45) is 5.22. The second-order valence-corrected chi connectivity index (χ2v) is 4.80. The van der Waals surface area contributed by atoms with Crippen LogP contribution in [0.15, 0.2) is 16.9 Å². The van der Waals surface area contributed by atoms with Crippen molar-refractivity contribution in [3.8, 4) is 0 Å². The second-order valence-electron chi connectivity index (χ2n) is 3.89. The molecule has 1 aromatic heterocycles. The summed E-state index contributed by atoms with van der Waals surface area (Å²) in [6.45, 7) is 1.50. The third kappa shape index (κ3) is 2.49. The number of carbonyl (C=O) groups is 1. The van der Waals surface area contributed by atoms with Crippen LogP contribution in [0.2, 0.25) is 0 Å². The van der Waals surface area contributed by atoms with Gasteiger partial charge in [-0.3, -0.25) is 4.79 Å². The van der Waals surface area contributed by atoms with Gasteiger partial charge in [-0.05, 0) is 28.8 Å². The Kier molecular flexibility index (Phi) is 3.38. The van der Waals surface area contributed by atoms with Gasteiger partial charge in [0.05, 0.1) is 10.4 Å². The molecule has 5 nitrogen and oxygen atoms in total. The highest BCUT2D eigenvalue weighted by Crippen LogP contribution is 2.20. The van der Waals surface area contributed by atoms with Crippen molar-refractivity contribution >= 4 is 27.8 Å². The van der Waals surface area contributed by atoms with E-state index in [0.29, 0.717) is 12.5 Å². The van der Waals surface area contributed by atoms with Gasteiger partial charge < -0.3 is 10.6 Å². The lowest BCUT2D eigenvalue weighted by molar-refractivity contribution is -0.122. The summed E-state index contributed by atoms with van der Waals surface area (Å²) in [7, 11) is 0. The van der Waals surface area contributed by atoms with Crippen LogP contribution in [0.3, 0.4) is 0 Å². The average Bonchev–Trinajstić information content (AvgIpc) is 2.30. The normalized spacial score (nSPS) is 20.8. The Morgan fingerprint density at radius 3 is 2.81 bits per heavy atom. The highest BCUT2D eigenvalue weighted by molar-refractivity contribution is 9.10. The lowest BCUT2D eigenvalue weighted by Gasteiger charge is -2.30. The molecule has 16 heavy (non-hydrogen) atoms. The molecule has 0 bridgehead atoms. The third-order valence-electron chi connectivity index (χ3n) is 2.71. The first-order valence-corrected chi connectivity index (χ1v) is 5.98. The van der Waals surface area contributed by atoms with E-state index in [0.717, 1.165) is 23.9 Å². The number of halogens is 1. The molecule has 1 fully saturated rings. The molecule has 1 aliphatic rings. The molecule has 0 spiro atoms. The first-order chi connectivity index (χ1) is 7.66. The van der Waals surface area contributed by atoms with Crippen LogP contribution in [0.25, 0.3) is 0 Å². The quantitative estimate of drug-likeness (QED) is 0.877. The molecular weight excluding hydrogens is 272 g/mol. The van der Waals surface area contributed by atoms with Crippen molar-refractivity contribution in [1.29, 1.82) is 0 Å². The zero-order valence-electron chi connectivity index (χ0n) is 8.77. The molecule has 2 rings (SSSR count). The highest BCUT2D eigenvalue weighted by atomic mass is 79.9. The monoisotopic (exact) mass is 284 g/mol. The number of piperidine rings is 1. The van der Waals surface area contributed by atoms with Gasteiger partial charge in [0.2, 0.25) is 11.9 Å². The van der Waals surface area contributed by atoms with E-state index >= 15 is 0 Å². The Bertz CT molecular complexity index is 381. The number of primary amides is 1. The van der Waals surface area contributed by atoms with E-state index in [1.165, 1.54) is 0 Å². The van der Waals surface area contributed by atoms with E-state index < -0.39 is 0 Å². The van der Waals surface area contributed by atoms with Gasteiger partial charge in [-0.1, -0.05) is 0 Å². The van der Waals surface area contributed by atoms with Gasteiger partial charge >= 0.3 is 0 Å². The summed E-state index contributed by atoms with van der Waals surface area (Å²) in [5.74, 6) is 0.344. The van der Waals surface area contributed by atoms with Gasteiger partial charge in [-0.15, -0.1) is 0 Å². The van der Waals surface area contributed by atoms with Crippen LogP contribution >= 0.6 is 15.9 Å². The maximum Gasteiger partial charge on any atom is 0.225 e. The Balaban J connectivity index is 2.09. The number of aromatic nitrogens is 2. The highest BCUT2D eigenvalue weighted by Gasteiger charge is 2.25. The summed E-state index contributed by atoms with van der Waals surface area (Å²) < 4.78 is 0.847. The topological polar surface area (TPSA) is 72.1 Å². The summed E-state index contributed by atoms with van der Waals surface area (Å²) >= 11 is 3.29. The molecule has 1 atom stereocenters. The number of carbonyl (C=O) groups excluding carboxylic acids is 1. The molecule has 0 aliphatic carbocycles. The van der Waals surface area contributed by atoms with Crippen molar-refractivity contribution in [2.45, 2.75) is 12.8 Å². The molecule has 1 saturated heterocycles. The molecular formula is C10H13BrN4O. The van der Waals surface area contributed by atoms with Crippen LogP contribution in [0.4, 0.5) is 5.95 Å². The predicted octanol–water partition coefficient (Wildman–Crippen LogP) is 0.941. The first kappa shape index (κ1) is 11.3. The fraction of sp³-hybridized carbons (Fsp3) is 0.500. The fourth-order valence-corrected chi connectivity index (χ4v) is 2.06. The predicted molar refractivity (Wildman–Crippen MR) is 63.9 cm³/mol. The molecule has 6 heteroatoms. The van der Waals surface area contributed by atoms with Crippen molar-refractivity contribution in [2.75, 3.05) is 18.0 Å². The molecule has 2 N–H and O–H groups in total. The van der Waals surface area contributed by atoms with Crippen LogP contribution in [-0.2, 0) is 4.79 Å². The van der Waals surface area contributed by atoms with Crippen molar-refractivity contribution in [1.82, 2.24) is 9.97 Å². The summed E-state index contributed by atoms with van der Waals surface area (Å²) in [5, 5.41) is 0. The van der Waals surface area contributed by atoms with Crippen molar-refractivity contribution < 1.29 is 4.79 Å². The maximum absolute atomic E-state index is 11.1. The van der Waals surface area contributed by atoms with Gasteiger partial charge in [0, 0.05) is 25.5 Å². The number of rotatable bonds is 2. The molecule has 0 radical (unpaired) electrons. The summed E-state index contributed by atoms with van der Waals surface area (Å²) in [5.41, 5.74) is 5.32. The minimum Gasteiger partial charge on any atom is -0.369 e. The summed E-state index contributed by atoms with van der Waals surface area (Å²) in [4.78, 5) is 21.6. The van der Waals surface area contributed by atoms with E-state index in [1.807, 2.05) is 4.90 Å². The van der Waals surface area contributed by atoms with Gasteiger partial charge in [-0.2, -0.15) is 0 Å². The standard InChI is InChI=1S/C10H13BrN4O/c11-8-4-13-10(14-5-8)15-3-1-2-7(6-15)9(12)16/h4-5,7H,1-3,6H2,(H2,12,16)/t7-/m0/s1. The van der Waals surface area contributed by atoms with E-state index in [4.69, 9.17) is 5.73 Å². The lowest BCUT2D eigenvalue weighted by Crippen LogP contribution is -2.41. The third-order valence-corrected chi connectivity index (χ3v) is 3.12. The Morgan fingerprint density at radius 1 is 1.50 bits per heavy atom. The Labute approximate surface area is 102 Å². The number of amides is 1. The number of hydrogen-bond donors (Lipinski definition) is 1. The SMILES string of the molecule is NC(=O)[C@H]1CCCN(c2ncc(Br)cn2)C1. The van der Waals surface area contributed by atoms with Crippen LogP contribution in [-0.4, -0.2) is 29.0 Å². The van der Waals surface area contributed by atoms with E-state index in [1.54, 1.807) is 12.4 Å². The molecule has 1 aliphatic heterocycles. The zero-order chi connectivity index (χ0) is 11.5. The Hall–Kier alpha value is -1.17. The molecule has 0 unspecified atom stereocenters. The first-order valence-electron chi connectivity index (χ1n) is 5.18. The Morgan fingerprint density at radius 2 is 2.19 bits per heavy atom. The van der Waals surface area contributed by atoms with Crippen LogP contribution < -0.4 is 10.6 Å². The van der Waals surface area contributed by atoms with Crippen LogP contribution in [0.5, 0.6) is 0 Å². The van der Waals surface area contributed by atoms with E-state index in [2.05, 4.69) is 25.9 Å². The molecule has 2 heterocycles. The average molecular weight is 285 g/mol. The van der Waals surface area contributed by atoms with Crippen molar-refractivity contribution in [3.63, 3.8) is 0 Å². The number of nitrogens with zero attached hydrogens (tertiary/aromatic N) is 3. The maximum atomic E-state index is 11.1. The molecule has 86 valence electrons. The van der Waals surface area contributed by atoms with E-state index in [9.17, 15) is 4.79 Å². The minimum atomic E-state index is -0.234. The van der Waals surface area contributed by atoms with Crippen molar-refractivity contribution in [2.24, 2.45) is 11.7 Å². The van der Waals surface area contributed by atoms with Crippen LogP contribution in [0, 0.1) is 5.92 Å². The zero-order valence-corrected chi connectivity index (χ0v) is 10.4. The molecule has 1 amide bonds. The molecule has 0 saturated carbocycles. The largest absolute Gasteiger partial charge is 0.369 e. The molecule has 0 aromatic carbocycles. The summed E-state index contributed by atoms with van der Waals surface area (Å²) in [6, 6.07) is 0. The fourth-order valence-electron chi connectivity index (χ4n) is 1.86. The minimum absolute atomic E-state index is 0.0824. The van der Waals surface area contributed by atoms with Crippen molar-refractivity contribution in [3.05, 3.63) is 16.9 Å². The van der Waals surface area contributed by atoms with Crippen LogP contribution in [0.1, 0.15) is 12.8 Å². The van der Waals surface area contributed by atoms with Gasteiger partial charge in [-0.25, -0.2) is 9.97 Å². The second kappa shape index (κ2) is 4.78. The van der Waals surface area contributed by atoms with Gasteiger partial charge in [0.25, 0.3) is 0 Å². The smallest absolute Gasteiger partial charge is 0.225 e. The lowest BCUT2D eigenvalue weighted by atomic mass is 9.98. The van der Waals surface area contributed by atoms with E-state index in [-0.39, 0.29) is 11.8 Å².